The predicted octanol–water partition coefficient (Wildman–Crippen LogP) is 5.15. The monoisotopic (exact) mass is 510 g/mol. The Labute approximate surface area is 212 Å². The number of unbranched alkanes of at least 4 members (excludes halogenated alkanes) is 1. The molecule has 4 aliphatic carbocycles. The Balaban J connectivity index is 1.80. The first-order valence-corrected chi connectivity index (χ1v) is 13.4. The van der Waals surface area contributed by atoms with Crippen LogP contribution in [-0.4, -0.2) is 45.1 Å². The predicted molar refractivity (Wildman–Crippen MR) is 132 cm³/mol. The van der Waals surface area contributed by atoms with Gasteiger partial charge in [0.1, 0.15) is 6.61 Å². The fourth-order valence-corrected chi connectivity index (χ4v) is 9.23. The number of esters is 1. The highest BCUT2D eigenvalue weighted by atomic mass is 35.5. The fourth-order valence-electron chi connectivity index (χ4n) is 8.00. The molecule has 0 aromatic rings. The van der Waals surface area contributed by atoms with Crippen LogP contribution in [-0.2, 0) is 19.1 Å². The maximum absolute atomic E-state index is 13.4. The van der Waals surface area contributed by atoms with E-state index in [2.05, 4.69) is 6.92 Å². The number of fused-ring (bicyclic) bond motifs is 5. The lowest BCUT2D eigenvalue weighted by Gasteiger charge is -2.64. The molecule has 0 unspecified atom stereocenters. The number of halogens is 2. The number of ether oxygens (including phenoxy) is 1. The quantitative estimate of drug-likeness (QED) is 0.394. The van der Waals surface area contributed by atoms with Crippen molar-refractivity contribution in [1.82, 2.24) is 0 Å². The van der Waals surface area contributed by atoms with Gasteiger partial charge in [0.15, 0.2) is 11.4 Å². The molecule has 34 heavy (non-hydrogen) atoms. The van der Waals surface area contributed by atoms with E-state index in [1.807, 2.05) is 26.8 Å². The number of carbonyl (C=O) groups is 3. The Hall–Kier alpha value is -1.17. The number of Topliss-reactive ketones (excluding diaryl/α,β-unsaturated/α-hetero) is 1. The molecular formula is C27H36Cl2O5. The van der Waals surface area contributed by atoms with E-state index in [4.69, 9.17) is 27.9 Å². The lowest BCUT2D eigenvalue weighted by Crippen LogP contribution is -2.68. The zero-order valence-corrected chi connectivity index (χ0v) is 22.0. The van der Waals surface area contributed by atoms with E-state index in [1.165, 1.54) is 0 Å². The van der Waals surface area contributed by atoms with Gasteiger partial charge in [0.25, 0.3) is 0 Å². The molecule has 4 aliphatic rings. The number of carbonyl (C=O) groups excluding carboxylic acids is 3. The molecule has 0 bridgehead atoms. The Kier molecular flexibility index (Phi) is 6.66. The van der Waals surface area contributed by atoms with Crippen LogP contribution in [0.5, 0.6) is 0 Å². The van der Waals surface area contributed by atoms with Gasteiger partial charge in [-0.15, -0.1) is 23.2 Å². The van der Waals surface area contributed by atoms with Crippen molar-refractivity contribution in [3.05, 3.63) is 23.8 Å². The largest absolute Gasteiger partial charge is 0.450 e. The average Bonchev–Trinajstić information content (AvgIpc) is 3.00. The summed E-state index contributed by atoms with van der Waals surface area (Å²) in [5.74, 6) is -1.22. The molecule has 0 saturated heterocycles. The van der Waals surface area contributed by atoms with E-state index in [-0.39, 0.29) is 30.0 Å². The molecule has 1 N–H and O–H groups in total. The van der Waals surface area contributed by atoms with Crippen molar-refractivity contribution in [3.63, 3.8) is 0 Å². The van der Waals surface area contributed by atoms with Crippen LogP contribution in [0.2, 0.25) is 0 Å². The Morgan fingerprint density at radius 3 is 2.62 bits per heavy atom. The van der Waals surface area contributed by atoms with Crippen LogP contribution >= 0.6 is 23.2 Å². The third-order valence-electron chi connectivity index (χ3n) is 9.70. The van der Waals surface area contributed by atoms with Crippen LogP contribution in [0.4, 0.5) is 0 Å². The fraction of sp³-hybridized carbons (Fsp3) is 0.741. The van der Waals surface area contributed by atoms with Crippen LogP contribution in [0, 0.1) is 28.6 Å². The first-order chi connectivity index (χ1) is 15.9. The summed E-state index contributed by atoms with van der Waals surface area (Å²) in [5, 5.41) is 9.46. The molecule has 3 fully saturated rings. The van der Waals surface area contributed by atoms with Gasteiger partial charge in [0.05, 0.1) is 10.3 Å². The van der Waals surface area contributed by atoms with Crippen LogP contribution in [0.1, 0.15) is 72.6 Å². The van der Waals surface area contributed by atoms with E-state index < -0.39 is 45.0 Å². The Morgan fingerprint density at radius 1 is 1.26 bits per heavy atom. The zero-order chi connectivity index (χ0) is 25.1. The molecule has 0 spiro atoms. The molecule has 4 rings (SSSR count). The zero-order valence-electron chi connectivity index (χ0n) is 20.5. The molecule has 0 radical (unpaired) electrons. The van der Waals surface area contributed by atoms with Crippen molar-refractivity contribution >= 4 is 40.7 Å². The summed E-state index contributed by atoms with van der Waals surface area (Å²) >= 11 is 14.8. The number of hydrogen-bond acceptors (Lipinski definition) is 5. The molecular weight excluding hydrogens is 475 g/mol. The summed E-state index contributed by atoms with van der Waals surface area (Å²) in [5.41, 5.74) is -1.75. The van der Waals surface area contributed by atoms with Gasteiger partial charge >= 0.3 is 5.97 Å². The summed E-state index contributed by atoms with van der Waals surface area (Å²) < 4.78 is 6.13. The summed E-state index contributed by atoms with van der Waals surface area (Å²) in [6.45, 7) is 7.32. The van der Waals surface area contributed by atoms with E-state index in [1.54, 1.807) is 12.2 Å². The summed E-state index contributed by atoms with van der Waals surface area (Å²) in [6.07, 6.45) is 9.47. The second-order valence-corrected chi connectivity index (χ2v) is 12.4. The van der Waals surface area contributed by atoms with Crippen LogP contribution in [0.15, 0.2) is 23.8 Å². The molecule has 0 aliphatic heterocycles. The van der Waals surface area contributed by atoms with Gasteiger partial charge in [-0.05, 0) is 56.1 Å². The van der Waals surface area contributed by atoms with E-state index in [0.717, 1.165) is 24.8 Å². The van der Waals surface area contributed by atoms with Gasteiger partial charge in [-0.1, -0.05) is 45.8 Å². The van der Waals surface area contributed by atoms with E-state index >= 15 is 0 Å². The van der Waals surface area contributed by atoms with Gasteiger partial charge in [0, 0.05) is 23.2 Å². The van der Waals surface area contributed by atoms with Gasteiger partial charge in [-0.25, -0.2) is 0 Å². The molecule has 0 aromatic carbocycles. The first-order valence-electron chi connectivity index (χ1n) is 12.6. The van der Waals surface area contributed by atoms with Crippen LogP contribution in [0.3, 0.4) is 0 Å². The lowest BCUT2D eigenvalue weighted by molar-refractivity contribution is -0.195. The van der Waals surface area contributed by atoms with Gasteiger partial charge in [0.2, 0.25) is 5.78 Å². The molecule has 3 saturated carbocycles. The first kappa shape index (κ1) is 25.9. The molecule has 0 amide bonds. The number of rotatable bonds is 6. The van der Waals surface area contributed by atoms with Crippen molar-refractivity contribution in [2.24, 2.45) is 28.6 Å². The van der Waals surface area contributed by atoms with Crippen molar-refractivity contribution < 1.29 is 24.2 Å². The van der Waals surface area contributed by atoms with Crippen LogP contribution in [0.25, 0.3) is 0 Å². The highest BCUT2D eigenvalue weighted by molar-refractivity contribution is 6.34. The Bertz CT molecular complexity index is 959. The van der Waals surface area contributed by atoms with Crippen molar-refractivity contribution in [2.45, 2.75) is 88.5 Å². The van der Waals surface area contributed by atoms with Crippen molar-refractivity contribution in [2.75, 3.05) is 6.61 Å². The molecule has 7 heteroatoms. The number of aliphatic hydroxyl groups is 1. The molecule has 8 atom stereocenters. The normalized spacial score (nSPS) is 45.1. The highest BCUT2D eigenvalue weighted by Gasteiger charge is 2.76. The molecule has 5 nitrogen and oxygen atoms in total. The number of alkyl halides is 2. The smallest absolute Gasteiger partial charge is 0.306 e. The van der Waals surface area contributed by atoms with E-state index in [9.17, 15) is 19.5 Å². The minimum absolute atomic E-state index is 0.0196. The van der Waals surface area contributed by atoms with Crippen LogP contribution < -0.4 is 0 Å². The van der Waals surface area contributed by atoms with Gasteiger partial charge in [-0.2, -0.15) is 0 Å². The number of ketones is 2. The number of aliphatic hydroxyl groups excluding tert-OH is 1. The minimum atomic E-state index is -1.43. The minimum Gasteiger partial charge on any atom is -0.450 e. The van der Waals surface area contributed by atoms with Gasteiger partial charge < -0.3 is 9.84 Å². The lowest BCUT2D eigenvalue weighted by atomic mass is 9.46. The topological polar surface area (TPSA) is 80.7 Å². The highest BCUT2D eigenvalue weighted by Crippen LogP contribution is 2.72. The third-order valence-corrected chi connectivity index (χ3v) is 11.3. The Morgan fingerprint density at radius 2 is 1.97 bits per heavy atom. The molecule has 0 heterocycles. The summed E-state index contributed by atoms with van der Waals surface area (Å²) in [7, 11) is 0. The maximum Gasteiger partial charge on any atom is 0.306 e. The SMILES string of the molecule is CCCCC(=O)O[C@]1(C(=O)CO)[C@@H](C)C[C@H]2[C@@H]3CCC4=CC(=O)C=C[C@]4(C)[C@@]3(Cl)[C@@H](Cl)C[C@@]21C. The maximum atomic E-state index is 13.4. The van der Waals surface area contributed by atoms with Crippen molar-refractivity contribution in [1.29, 1.82) is 0 Å². The standard InChI is InChI=1S/C27H36Cl2O5/c1-5-6-7-23(33)34-27(22(32)15-30)16(2)12-20-19-9-8-17-13-18(31)10-11-24(17,3)26(19,29)21(28)14-25(20,27)4/h10-11,13,16,19-21,30H,5-9,12,14-15H2,1-4H3/t16-,19-,20-,21-,24-,25-,26-,27-/m0/s1. The second kappa shape index (κ2) is 8.74. The average molecular weight is 511 g/mol. The third kappa shape index (κ3) is 3.25. The van der Waals surface area contributed by atoms with Crippen molar-refractivity contribution in [3.8, 4) is 0 Å². The second-order valence-electron chi connectivity index (χ2n) is 11.2. The van der Waals surface area contributed by atoms with Gasteiger partial charge in [-0.3, -0.25) is 14.4 Å². The summed E-state index contributed by atoms with van der Waals surface area (Å²) in [6, 6.07) is 0. The molecule has 188 valence electrons. The van der Waals surface area contributed by atoms with E-state index in [0.29, 0.717) is 19.3 Å². The number of hydrogen-bond donors (Lipinski definition) is 1. The summed E-state index contributed by atoms with van der Waals surface area (Å²) in [4.78, 5) is 37.6. The number of allylic oxidation sites excluding steroid dienone is 4. The molecule has 0 aromatic heterocycles.